The quantitative estimate of drug-likeness (QED) is 0.658. The first kappa shape index (κ1) is 22.4. The van der Waals surface area contributed by atoms with Crippen LogP contribution in [0, 0.1) is 0 Å². The molecule has 1 saturated heterocycles. The molecule has 0 bridgehead atoms. The summed E-state index contributed by atoms with van der Waals surface area (Å²) in [6, 6.07) is 10.2. The Morgan fingerprint density at radius 3 is 2.23 bits per heavy atom. The molecule has 0 saturated carbocycles. The van der Waals surface area contributed by atoms with E-state index in [-0.39, 0.29) is 21.2 Å². The number of nitrogens with one attached hydrogen (secondary N) is 1. The van der Waals surface area contributed by atoms with Crippen LogP contribution in [0.5, 0.6) is 11.5 Å². The summed E-state index contributed by atoms with van der Waals surface area (Å²) in [5.74, 6) is 0.736. The van der Waals surface area contributed by atoms with Crippen molar-refractivity contribution in [3.63, 3.8) is 0 Å². The summed E-state index contributed by atoms with van der Waals surface area (Å²) in [5.41, 5.74) is 0.139. The van der Waals surface area contributed by atoms with E-state index in [1.807, 2.05) is 6.92 Å². The Balaban J connectivity index is 1.90. The molecule has 0 spiro atoms. The highest BCUT2D eigenvalue weighted by atomic mass is 32.2. The molecule has 0 aliphatic carbocycles. The predicted octanol–water partition coefficient (Wildman–Crippen LogP) is 3.07. The van der Waals surface area contributed by atoms with Crippen LogP contribution in [0.3, 0.4) is 0 Å². The monoisotopic (exact) mass is 454 g/mol. The van der Waals surface area contributed by atoms with Gasteiger partial charge in [-0.15, -0.1) is 0 Å². The van der Waals surface area contributed by atoms with Crippen LogP contribution >= 0.6 is 0 Å². The maximum absolute atomic E-state index is 13.1. The average molecular weight is 455 g/mol. The molecule has 2 aromatic carbocycles. The number of piperidine rings is 1. The van der Waals surface area contributed by atoms with Gasteiger partial charge in [-0.2, -0.15) is 4.31 Å². The Morgan fingerprint density at radius 1 is 0.967 bits per heavy atom. The molecule has 3 rings (SSSR count). The van der Waals surface area contributed by atoms with Crippen molar-refractivity contribution in [2.24, 2.45) is 0 Å². The van der Waals surface area contributed by atoms with Crippen molar-refractivity contribution < 1.29 is 26.3 Å². The van der Waals surface area contributed by atoms with Crippen molar-refractivity contribution in [1.29, 1.82) is 0 Å². The molecular formula is C20H26N2O6S2. The number of nitrogens with zero attached hydrogens (tertiary/aromatic N) is 1. The smallest absolute Gasteiger partial charge is 0.261 e. The maximum atomic E-state index is 13.1. The zero-order valence-electron chi connectivity index (χ0n) is 17.0. The Labute approximate surface area is 177 Å². The summed E-state index contributed by atoms with van der Waals surface area (Å²) < 4.78 is 66.1. The van der Waals surface area contributed by atoms with Crippen LogP contribution in [0.25, 0.3) is 0 Å². The SMILES string of the molecule is CCOc1ccc(S(=O)(=O)Nc2ccc(OC)c(S(=O)(=O)N3CCCCC3)c2)cc1. The average Bonchev–Trinajstić information content (AvgIpc) is 2.75. The highest BCUT2D eigenvalue weighted by Gasteiger charge is 2.29. The van der Waals surface area contributed by atoms with Crippen molar-refractivity contribution in [2.75, 3.05) is 31.5 Å². The molecule has 1 heterocycles. The molecular weight excluding hydrogens is 428 g/mol. The Hall–Kier alpha value is -2.30. The highest BCUT2D eigenvalue weighted by molar-refractivity contribution is 7.92. The van der Waals surface area contributed by atoms with Crippen molar-refractivity contribution in [3.8, 4) is 11.5 Å². The third-order valence-corrected chi connectivity index (χ3v) is 8.11. The van der Waals surface area contributed by atoms with Gasteiger partial charge in [0.1, 0.15) is 16.4 Å². The third kappa shape index (κ3) is 4.88. The fourth-order valence-corrected chi connectivity index (χ4v) is 6.03. The van der Waals surface area contributed by atoms with E-state index < -0.39 is 20.0 Å². The second-order valence-electron chi connectivity index (χ2n) is 6.84. The van der Waals surface area contributed by atoms with Crippen molar-refractivity contribution in [2.45, 2.75) is 36.0 Å². The van der Waals surface area contributed by atoms with Gasteiger partial charge in [-0.05, 0) is 62.2 Å². The second kappa shape index (κ2) is 9.23. The van der Waals surface area contributed by atoms with E-state index in [2.05, 4.69) is 4.72 Å². The first-order chi connectivity index (χ1) is 14.3. The minimum Gasteiger partial charge on any atom is -0.495 e. The van der Waals surface area contributed by atoms with E-state index in [0.717, 1.165) is 19.3 Å². The van der Waals surface area contributed by atoms with E-state index in [9.17, 15) is 16.8 Å². The molecule has 0 aromatic heterocycles. The maximum Gasteiger partial charge on any atom is 0.261 e. The predicted molar refractivity (Wildman–Crippen MR) is 114 cm³/mol. The lowest BCUT2D eigenvalue weighted by atomic mass is 10.2. The summed E-state index contributed by atoms with van der Waals surface area (Å²) in [4.78, 5) is -0.0130. The zero-order valence-corrected chi connectivity index (χ0v) is 18.6. The number of hydrogen-bond acceptors (Lipinski definition) is 6. The molecule has 164 valence electrons. The Kier molecular flexibility index (Phi) is 6.89. The largest absolute Gasteiger partial charge is 0.495 e. The van der Waals surface area contributed by atoms with Gasteiger partial charge in [0, 0.05) is 13.1 Å². The Morgan fingerprint density at radius 2 is 1.63 bits per heavy atom. The molecule has 1 aliphatic rings. The van der Waals surface area contributed by atoms with E-state index in [1.165, 1.54) is 41.7 Å². The van der Waals surface area contributed by atoms with Gasteiger partial charge in [0.05, 0.1) is 24.3 Å². The van der Waals surface area contributed by atoms with Gasteiger partial charge >= 0.3 is 0 Å². The molecule has 0 unspecified atom stereocenters. The molecule has 0 amide bonds. The number of methoxy groups -OCH3 is 1. The summed E-state index contributed by atoms with van der Waals surface area (Å²) in [7, 11) is -6.33. The molecule has 1 fully saturated rings. The number of anilines is 1. The first-order valence-corrected chi connectivity index (χ1v) is 12.6. The van der Waals surface area contributed by atoms with Crippen LogP contribution in [0.2, 0.25) is 0 Å². The molecule has 10 heteroatoms. The summed E-state index contributed by atoms with van der Waals surface area (Å²) >= 11 is 0. The molecule has 1 N–H and O–H groups in total. The first-order valence-electron chi connectivity index (χ1n) is 9.72. The molecule has 8 nitrogen and oxygen atoms in total. The summed E-state index contributed by atoms with van der Waals surface area (Å²) in [5, 5.41) is 0. The fourth-order valence-electron chi connectivity index (χ4n) is 3.28. The van der Waals surface area contributed by atoms with E-state index >= 15 is 0 Å². The Bertz CT molecular complexity index is 1080. The fraction of sp³-hybridized carbons (Fsp3) is 0.400. The highest BCUT2D eigenvalue weighted by Crippen LogP contribution is 2.32. The normalized spacial score (nSPS) is 15.5. The minimum absolute atomic E-state index is 0.0437. The second-order valence-corrected chi connectivity index (χ2v) is 10.4. The van der Waals surface area contributed by atoms with Gasteiger partial charge in [0.15, 0.2) is 0 Å². The molecule has 2 aromatic rings. The lowest BCUT2D eigenvalue weighted by Gasteiger charge is -2.26. The molecule has 0 atom stereocenters. The van der Waals surface area contributed by atoms with Crippen molar-refractivity contribution in [3.05, 3.63) is 42.5 Å². The van der Waals surface area contributed by atoms with Crippen molar-refractivity contribution in [1.82, 2.24) is 4.31 Å². The van der Waals surface area contributed by atoms with E-state index in [4.69, 9.17) is 9.47 Å². The van der Waals surface area contributed by atoms with Crippen LogP contribution in [0.15, 0.2) is 52.3 Å². The molecule has 0 radical (unpaired) electrons. The molecule has 1 aliphatic heterocycles. The van der Waals surface area contributed by atoms with Crippen LogP contribution in [-0.4, -0.2) is 47.9 Å². The number of ether oxygens (including phenoxy) is 2. The lowest BCUT2D eigenvalue weighted by molar-refractivity contribution is 0.340. The number of rotatable bonds is 8. The van der Waals surface area contributed by atoms with Gasteiger partial charge in [0.25, 0.3) is 10.0 Å². The summed E-state index contributed by atoms with van der Waals surface area (Å²) in [6.45, 7) is 3.19. The lowest BCUT2D eigenvalue weighted by Crippen LogP contribution is -2.35. The van der Waals surface area contributed by atoms with Gasteiger partial charge in [-0.3, -0.25) is 4.72 Å². The van der Waals surface area contributed by atoms with Crippen LogP contribution in [-0.2, 0) is 20.0 Å². The minimum atomic E-state index is -3.91. The van der Waals surface area contributed by atoms with Gasteiger partial charge in [0.2, 0.25) is 10.0 Å². The molecule has 30 heavy (non-hydrogen) atoms. The standard InChI is InChI=1S/C20H26N2O6S2/c1-3-28-17-8-10-18(11-9-17)29(23,24)21-16-7-12-19(27-2)20(15-16)30(25,26)22-13-5-4-6-14-22/h7-12,15,21H,3-6,13-14H2,1-2H3. The number of benzene rings is 2. The van der Waals surface area contributed by atoms with Crippen LogP contribution in [0.1, 0.15) is 26.2 Å². The van der Waals surface area contributed by atoms with Gasteiger partial charge < -0.3 is 9.47 Å². The zero-order chi connectivity index (χ0) is 21.8. The van der Waals surface area contributed by atoms with Crippen molar-refractivity contribution >= 4 is 25.7 Å². The van der Waals surface area contributed by atoms with Crippen LogP contribution in [0.4, 0.5) is 5.69 Å². The number of sulfonamides is 2. The topological polar surface area (TPSA) is 102 Å². The van der Waals surface area contributed by atoms with E-state index in [1.54, 1.807) is 12.1 Å². The third-order valence-electron chi connectivity index (χ3n) is 4.79. The number of hydrogen-bond donors (Lipinski definition) is 1. The van der Waals surface area contributed by atoms with Crippen LogP contribution < -0.4 is 14.2 Å². The van der Waals surface area contributed by atoms with Gasteiger partial charge in [-0.1, -0.05) is 6.42 Å². The van der Waals surface area contributed by atoms with Gasteiger partial charge in [-0.25, -0.2) is 16.8 Å². The summed E-state index contributed by atoms with van der Waals surface area (Å²) in [6.07, 6.45) is 2.59. The van der Waals surface area contributed by atoms with E-state index in [0.29, 0.717) is 25.4 Å².